The molecular formula is C23H26F5N3O2. The van der Waals surface area contributed by atoms with Gasteiger partial charge in [-0.05, 0) is 27.7 Å². The molecule has 1 aliphatic rings. The predicted octanol–water partition coefficient (Wildman–Crippen LogP) is 5.59. The molecule has 2 heterocycles. The molecule has 0 radical (unpaired) electrons. The van der Waals surface area contributed by atoms with Gasteiger partial charge in [0.05, 0.1) is 17.2 Å². The molecule has 3 rings (SSSR count). The lowest BCUT2D eigenvalue weighted by Gasteiger charge is -2.32. The molecule has 180 valence electrons. The summed E-state index contributed by atoms with van der Waals surface area (Å²) in [7, 11) is 1.57. The van der Waals surface area contributed by atoms with Gasteiger partial charge in [0.25, 0.3) is 0 Å². The van der Waals surface area contributed by atoms with Crippen molar-refractivity contribution in [2.24, 2.45) is 7.05 Å². The number of carbonyl (C=O) groups is 1. The van der Waals surface area contributed by atoms with Gasteiger partial charge >= 0.3 is 5.97 Å². The van der Waals surface area contributed by atoms with Crippen LogP contribution in [0.5, 0.6) is 0 Å². The zero-order valence-electron chi connectivity index (χ0n) is 19.7. The highest BCUT2D eigenvalue weighted by atomic mass is 19.2. The molecule has 10 heteroatoms. The topological polar surface area (TPSA) is 56.1 Å². The first-order valence-electron chi connectivity index (χ1n) is 10.3. The number of nitrogens with one attached hydrogen (secondary N) is 1. The molecule has 0 bridgehead atoms. The normalized spacial score (nSPS) is 16.6. The van der Waals surface area contributed by atoms with Crippen LogP contribution in [0, 0.1) is 29.1 Å². The molecular weight excluding hydrogens is 445 g/mol. The number of hydrogen-bond acceptors (Lipinski definition) is 4. The number of aromatic nitrogens is 2. The van der Waals surface area contributed by atoms with Crippen LogP contribution < -0.4 is 5.32 Å². The van der Waals surface area contributed by atoms with Crippen molar-refractivity contribution in [3.8, 4) is 0 Å². The SMILES string of the molecule is CC1=C(C(=O)OC(C)(C)C)C(c2c(F)c(F)c(F)c(F)c2F)c2c(C(C)(C)C)nn(C)c2N1. The highest BCUT2D eigenvalue weighted by molar-refractivity contribution is 5.95. The number of anilines is 1. The Kier molecular flexibility index (Phi) is 5.88. The number of rotatable bonds is 2. The first-order chi connectivity index (χ1) is 15.0. The fourth-order valence-corrected chi connectivity index (χ4v) is 3.89. The molecule has 1 aromatic heterocycles. The van der Waals surface area contributed by atoms with E-state index in [2.05, 4.69) is 10.4 Å². The number of aryl methyl sites for hydroxylation is 1. The van der Waals surface area contributed by atoms with Crippen molar-refractivity contribution in [2.75, 3.05) is 5.32 Å². The number of nitrogens with zero attached hydrogens (tertiary/aromatic N) is 2. The van der Waals surface area contributed by atoms with Gasteiger partial charge in [-0.25, -0.2) is 26.7 Å². The quantitative estimate of drug-likeness (QED) is 0.269. The Hall–Kier alpha value is -2.91. The van der Waals surface area contributed by atoms with Crippen LogP contribution in [0.25, 0.3) is 0 Å². The van der Waals surface area contributed by atoms with E-state index in [-0.39, 0.29) is 22.7 Å². The van der Waals surface area contributed by atoms with E-state index in [4.69, 9.17) is 4.74 Å². The maximum Gasteiger partial charge on any atom is 0.337 e. The molecule has 0 fully saturated rings. The molecule has 1 unspecified atom stereocenters. The second kappa shape index (κ2) is 7.85. The van der Waals surface area contributed by atoms with E-state index in [1.165, 1.54) is 11.6 Å². The summed E-state index contributed by atoms with van der Waals surface area (Å²) in [5.41, 5.74) is -2.46. The Morgan fingerprint density at radius 1 is 0.909 bits per heavy atom. The van der Waals surface area contributed by atoms with Crippen LogP contribution in [-0.2, 0) is 22.0 Å². The van der Waals surface area contributed by atoms with Crippen LogP contribution in [0.4, 0.5) is 27.8 Å². The van der Waals surface area contributed by atoms with E-state index in [1.54, 1.807) is 48.6 Å². The molecule has 33 heavy (non-hydrogen) atoms. The lowest BCUT2D eigenvalue weighted by Crippen LogP contribution is -2.32. The fraction of sp³-hybridized carbons (Fsp3) is 0.478. The van der Waals surface area contributed by atoms with Gasteiger partial charge in [-0.1, -0.05) is 20.8 Å². The van der Waals surface area contributed by atoms with Crippen LogP contribution >= 0.6 is 0 Å². The van der Waals surface area contributed by atoms with Gasteiger partial charge < -0.3 is 10.1 Å². The summed E-state index contributed by atoms with van der Waals surface area (Å²) in [5, 5.41) is 7.42. The Bertz CT molecular complexity index is 1160. The van der Waals surface area contributed by atoms with Crippen molar-refractivity contribution < 1.29 is 31.5 Å². The average molecular weight is 471 g/mol. The van der Waals surface area contributed by atoms with Gasteiger partial charge in [0, 0.05) is 29.3 Å². The highest BCUT2D eigenvalue weighted by Gasteiger charge is 2.44. The zero-order chi connectivity index (χ0) is 25.2. The second-order valence-corrected chi connectivity index (χ2v) is 10.1. The summed E-state index contributed by atoms with van der Waals surface area (Å²) in [5.74, 6) is -12.8. The van der Waals surface area contributed by atoms with Crippen molar-refractivity contribution >= 4 is 11.8 Å². The lowest BCUT2D eigenvalue weighted by atomic mass is 9.76. The summed E-state index contributed by atoms with van der Waals surface area (Å²) in [6.45, 7) is 11.6. The molecule has 0 spiro atoms. The van der Waals surface area contributed by atoms with Gasteiger partial charge in [-0.15, -0.1) is 0 Å². The van der Waals surface area contributed by atoms with Gasteiger partial charge in [0.1, 0.15) is 11.4 Å². The Labute approximate surface area is 188 Å². The molecule has 1 N–H and O–H groups in total. The minimum atomic E-state index is -2.27. The molecule has 1 aliphatic heterocycles. The van der Waals surface area contributed by atoms with E-state index in [0.717, 1.165) is 0 Å². The number of hydrogen-bond donors (Lipinski definition) is 1. The largest absolute Gasteiger partial charge is 0.457 e. The monoisotopic (exact) mass is 471 g/mol. The molecule has 5 nitrogen and oxygen atoms in total. The Balaban J connectivity index is 2.46. The van der Waals surface area contributed by atoms with Gasteiger partial charge in [-0.3, -0.25) is 4.68 Å². The smallest absolute Gasteiger partial charge is 0.337 e. The molecule has 0 aliphatic carbocycles. The van der Waals surface area contributed by atoms with Crippen molar-refractivity contribution in [2.45, 2.75) is 65.4 Å². The van der Waals surface area contributed by atoms with E-state index in [0.29, 0.717) is 5.69 Å². The standard InChI is InChI=1S/C23H26F5N3O2/c1-9-10(21(32)33-23(5,6)7)11(12-14(24)16(26)18(28)17(27)15(12)25)13-19(22(2,3)4)30-31(8)20(13)29-9/h11,29H,1-8H3. The molecule has 1 aromatic carbocycles. The molecule has 0 saturated heterocycles. The van der Waals surface area contributed by atoms with Gasteiger partial charge in [0.15, 0.2) is 23.3 Å². The third-order valence-corrected chi connectivity index (χ3v) is 5.23. The molecule has 0 amide bonds. The number of allylic oxidation sites excluding steroid dienone is 1. The Morgan fingerprint density at radius 2 is 1.39 bits per heavy atom. The third-order valence-electron chi connectivity index (χ3n) is 5.23. The van der Waals surface area contributed by atoms with Crippen LogP contribution in [0.15, 0.2) is 11.3 Å². The second-order valence-electron chi connectivity index (χ2n) is 10.1. The minimum absolute atomic E-state index is 0.139. The maximum absolute atomic E-state index is 15.1. The van der Waals surface area contributed by atoms with Crippen LogP contribution in [0.2, 0.25) is 0 Å². The summed E-state index contributed by atoms with van der Waals surface area (Å²) in [6, 6.07) is 0. The molecule has 0 saturated carbocycles. The third kappa shape index (κ3) is 4.11. The summed E-state index contributed by atoms with van der Waals surface area (Å²) in [6.07, 6.45) is 0. The minimum Gasteiger partial charge on any atom is -0.457 e. The van der Waals surface area contributed by atoms with Crippen molar-refractivity contribution in [1.29, 1.82) is 0 Å². The Morgan fingerprint density at radius 3 is 1.85 bits per heavy atom. The average Bonchev–Trinajstić information content (AvgIpc) is 3.00. The first kappa shape index (κ1) is 24.7. The van der Waals surface area contributed by atoms with E-state index >= 15 is 8.78 Å². The van der Waals surface area contributed by atoms with Crippen LogP contribution in [0.3, 0.4) is 0 Å². The summed E-state index contributed by atoms with van der Waals surface area (Å²) >= 11 is 0. The number of halogens is 5. The number of carbonyl (C=O) groups excluding carboxylic acids is 1. The number of esters is 1. The van der Waals surface area contributed by atoms with Crippen molar-refractivity contribution in [3.63, 3.8) is 0 Å². The van der Waals surface area contributed by atoms with Gasteiger partial charge in [-0.2, -0.15) is 5.10 Å². The van der Waals surface area contributed by atoms with E-state index in [1.807, 2.05) is 0 Å². The zero-order valence-corrected chi connectivity index (χ0v) is 19.7. The van der Waals surface area contributed by atoms with E-state index in [9.17, 15) is 18.0 Å². The lowest BCUT2D eigenvalue weighted by molar-refractivity contribution is -0.150. The summed E-state index contributed by atoms with van der Waals surface area (Å²) in [4.78, 5) is 13.2. The molecule has 2 aromatic rings. The van der Waals surface area contributed by atoms with Crippen molar-refractivity contribution in [1.82, 2.24) is 9.78 Å². The maximum atomic E-state index is 15.1. The van der Waals surface area contributed by atoms with E-state index < -0.39 is 57.6 Å². The number of benzene rings is 1. The molecule has 1 atom stereocenters. The first-order valence-corrected chi connectivity index (χ1v) is 10.3. The van der Waals surface area contributed by atoms with Gasteiger partial charge in [0.2, 0.25) is 5.82 Å². The van der Waals surface area contributed by atoms with Crippen molar-refractivity contribution in [3.05, 3.63) is 57.2 Å². The van der Waals surface area contributed by atoms with Crippen LogP contribution in [-0.4, -0.2) is 21.4 Å². The number of ether oxygens (including phenoxy) is 1. The predicted molar refractivity (Wildman–Crippen MR) is 112 cm³/mol. The van der Waals surface area contributed by atoms with Crippen LogP contribution in [0.1, 0.15) is 71.2 Å². The number of fused-ring (bicyclic) bond motifs is 1. The fourth-order valence-electron chi connectivity index (χ4n) is 3.89. The summed E-state index contributed by atoms with van der Waals surface area (Å²) < 4.78 is 79.3. The highest BCUT2D eigenvalue weighted by Crippen LogP contribution is 2.48.